The number of benzene rings is 1. The number of nitrogens with zero attached hydrogens (tertiary/aromatic N) is 2. The van der Waals surface area contributed by atoms with E-state index in [1.54, 1.807) is 16.8 Å². The summed E-state index contributed by atoms with van der Waals surface area (Å²) in [5.41, 5.74) is 2.44. The molecule has 3 nitrogen and oxygen atoms in total. The topological polar surface area (TPSA) is 34.9 Å². The molecule has 0 aliphatic heterocycles. The van der Waals surface area contributed by atoms with E-state index in [4.69, 9.17) is 11.6 Å². The molecule has 0 saturated heterocycles. The summed E-state index contributed by atoms with van der Waals surface area (Å²) < 4.78 is 2.62. The quantitative estimate of drug-likeness (QED) is 0.792. The van der Waals surface area contributed by atoms with Crippen LogP contribution >= 0.6 is 27.5 Å². The molecule has 0 atom stereocenters. The van der Waals surface area contributed by atoms with Crippen LogP contribution in [0.1, 0.15) is 28.7 Å². The van der Waals surface area contributed by atoms with Crippen LogP contribution in [0.2, 0.25) is 5.02 Å². The Balaban J connectivity index is 2.23. The molecule has 0 aliphatic rings. The summed E-state index contributed by atoms with van der Waals surface area (Å²) >= 11 is 9.42. The minimum absolute atomic E-state index is 0.00292. The molecule has 0 amide bonds. The molecule has 5 heteroatoms. The van der Waals surface area contributed by atoms with E-state index in [-0.39, 0.29) is 5.78 Å². The first-order chi connectivity index (χ1) is 9.01. The number of halogens is 2. The first-order valence-electron chi connectivity index (χ1n) is 6.01. The molecular formula is C14H14BrClN2O. The average molecular weight is 342 g/mol. The zero-order chi connectivity index (χ0) is 14.0. The maximum atomic E-state index is 12.3. The second kappa shape index (κ2) is 5.88. The monoisotopic (exact) mass is 340 g/mol. The van der Waals surface area contributed by atoms with Gasteiger partial charge in [-0.3, -0.25) is 9.48 Å². The molecule has 0 aliphatic carbocycles. The second-order valence-electron chi connectivity index (χ2n) is 4.33. The highest BCUT2D eigenvalue weighted by atomic mass is 79.9. The smallest absolute Gasteiger partial charge is 0.170 e. The van der Waals surface area contributed by atoms with Crippen molar-refractivity contribution in [2.75, 3.05) is 0 Å². The van der Waals surface area contributed by atoms with Crippen molar-refractivity contribution in [2.24, 2.45) is 7.05 Å². The number of hydrogen-bond acceptors (Lipinski definition) is 2. The molecule has 19 heavy (non-hydrogen) atoms. The molecule has 100 valence electrons. The van der Waals surface area contributed by atoms with Gasteiger partial charge in [-0.15, -0.1) is 0 Å². The molecule has 0 N–H and O–H groups in total. The summed E-state index contributed by atoms with van der Waals surface area (Å²) in [6.07, 6.45) is 1.17. The van der Waals surface area contributed by atoms with Gasteiger partial charge in [0, 0.05) is 22.8 Å². The number of carbonyl (C=O) groups excluding carboxylic acids is 1. The lowest BCUT2D eigenvalue weighted by Gasteiger charge is -2.04. The summed E-state index contributed by atoms with van der Waals surface area (Å²) in [4.78, 5) is 12.3. The zero-order valence-corrected chi connectivity index (χ0v) is 13.1. The Hall–Kier alpha value is -1.13. The van der Waals surface area contributed by atoms with Crippen molar-refractivity contribution in [3.8, 4) is 0 Å². The molecule has 0 fully saturated rings. The van der Waals surface area contributed by atoms with Gasteiger partial charge in [0.2, 0.25) is 0 Å². The van der Waals surface area contributed by atoms with E-state index in [1.807, 2.05) is 26.1 Å². The van der Waals surface area contributed by atoms with Crippen molar-refractivity contribution < 1.29 is 4.79 Å². The Labute approximate surface area is 125 Å². The van der Waals surface area contributed by atoms with E-state index in [0.29, 0.717) is 17.0 Å². The number of ketones is 1. The zero-order valence-electron chi connectivity index (χ0n) is 10.8. The fraction of sp³-hybridized carbons (Fsp3) is 0.286. The molecule has 1 heterocycles. The number of hydrogen-bond donors (Lipinski definition) is 0. The van der Waals surface area contributed by atoms with Crippen LogP contribution in [0.25, 0.3) is 0 Å². The van der Waals surface area contributed by atoms with Crippen molar-refractivity contribution >= 4 is 33.3 Å². The van der Waals surface area contributed by atoms with Crippen molar-refractivity contribution in [1.29, 1.82) is 0 Å². The Bertz CT molecular complexity index is 622. The maximum absolute atomic E-state index is 12.3. The van der Waals surface area contributed by atoms with Crippen molar-refractivity contribution in [3.63, 3.8) is 0 Å². The van der Waals surface area contributed by atoms with Crippen LogP contribution in [0.4, 0.5) is 0 Å². The predicted molar refractivity (Wildman–Crippen MR) is 79.8 cm³/mol. The molecule has 1 aromatic carbocycles. The Morgan fingerprint density at radius 3 is 2.74 bits per heavy atom. The molecule has 0 bridgehead atoms. The molecule has 0 unspecified atom stereocenters. The van der Waals surface area contributed by atoms with Gasteiger partial charge in [0.05, 0.1) is 17.1 Å². The Kier molecular flexibility index (Phi) is 4.42. The highest BCUT2D eigenvalue weighted by Gasteiger charge is 2.14. The van der Waals surface area contributed by atoms with Crippen molar-refractivity contribution in [3.05, 3.63) is 50.7 Å². The van der Waals surface area contributed by atoms with Crippen molar-refractivity contribution in [1.82, 2.24) is 9.78 Å². The summed E-state index contributed by atoms with van der Waals surface area (Å²) in [5.74, 6) is 0.00292. The van der Waals surface area contributed by atoms with E-state index in [1.165, 1.54) is 0 Å². The van der Waals surface area contributed by atoms with Gasteiger partial charge in [-0.1, -0.05) is 34.5 Å². The number of aryl methyl sites for hydroxylation is 2. The third-order valence-electron chi connectivity index (χ3n) is 2.96. The van der Waals surface area contributed by atoms with Crippen LogP contribution in [0.15, 0.2) is 28.7 Å². The third kappa shape index (κ3) is 3.25. The van der Waals surface area contributed by atoms with E-state index < -0.39 is 0 Å². The van der Waals surface area contributed by atoms with Gasteiger partial charge < -0.3 is 0 Å². The minimum Gasteiger partial charge on any atom is -0.294 e. The van der Waals surface area contributed by atoms with Crippen LogP contribution < -0.4 is 0 Å². The third-order valence-corrected chi connectivity index (χ3v) is 3.77. The van der Waals surface area contributed by atoms with Crippen LogP contribution in [-0.4, -0.2) is 15.6 Å². The lowest BCUT2D eigenvalue weighted by atomic mass is 10.1. The molecule has 0 saturated carbocycles. The van der Waals surface area contributed by atoms with Crippen LogP contribution in [-0.2, 0) is 19.9 Å². The van der Waals surface area contributed by atoms with E-state index in [9.17, 15) is 4.79 Å². The highest BCUT2D eigenvalue weighted by molar-refractivity contribution is 9.10. The predicted octanol–water partition coefficient (Wildman–Crippen LogP) is 3.82. The number of carbonyl (C=O) groups is 1. The van der Waals surface area contributed by atoms with Gasteiger partial charge in [0.25, 0.3) is 0 Å². The number of aromatic nitrogens is 2. The molecule has 2 aromatic rings. The molecular weight excluding hydrogens is 328 g/mol. The summed E-state index contributed by atoms with van der Waals surface area (Å²) in [7, 11) is 1.85. The highest BCUT2D eigenvalue weighted by Crippen LogP contribution is 2.22. The van der Waals surface area contributed by atoms with Gasteiger partial charge in [-0.05, 0) is 30.7 Å². The standard InChI is InChI=1S/C14H14BrClN2O/c1-3-10-7-11(18(2)17-10)8-14(19)12-5-4-9(15)6-13(12)16/h4-7H,3,8H2,1-2H3. The van der Waals surface area contributed by atoms with Crippen LogP contribution in [0.5, 0.6) is 0 Å². The summed E-state index contributed by atoms with van der Waals surface area (Å²) in [6, 6.07) is 7.26. The lowest BCUT2D eigenvalue weighted by molar-refractivity contribution is 0.0991. The van der Waals surface area contributed by atoms with Gasteiger partial charge in [0.1, 0.15) is 0 Å². The SMILES string of the molecule is CCc1cc(CC(=O)c2ccc(Br)cc2Cl)n(C)n1. The minimum atomic E-state index is 0.00292. The molecule has 1 aromatic heterocycles. The van der Waals surface area contributed by atoms with Crippen LogP contribution in [0.3, 0.4) is 0 Å². The Morgan fingerprint density at radius 2 is 2.16 bits per heavy atom. The number of Topliss-reactive ketones (excluding diaryl/α,β-unsaturated/α-hetero) is 1. The second-order valence-corrected chi connectivity index (χ2v) is 5.65. The Morgan fingerprint density at radius 1 is 1.42 bits per heavy atom. The first kappa shape index (κ1) is 14.3. The van der Waals surface area contributed by atoms with Gasteiger partial charge in [0.15, 0.2) is 5.78 Å². The first-order valence-corrected chi connectivity index (χ1v) is 7.18. The van der Waals surface area contributed by atoms with Crippen molar-refractivity contribution in [2.45, 2.75) is 19.8 Å². The fourth-order valence-electron chi connectivity index (χ4n) is 1.89. The van der Waals surface area contributed by atoms with Gasteiger partial charge >= 0.3 is 0 Å². The summed E-state index contributed by atoms with van der Waals surface area (Å²) in [5, 5.41) is 4.81. The molecule has 0 spiro atoms. The van der Waals surface area contributed by atoms with E-state index >= 15 is 0 Å². The average Bonchev–Trinajstić information content (AvgIpc) is 2.70. The molecule has 0 radical (unpaired) electrons. The lowest BCUT2D eigenvalue weighted by Crippen LogP contribution is -2.08. The number of rotatable bonds is 4. The van der Waals surface area contributed by atoms with Gasteiger partial charge in [-0.2, -0.15) is 5.10 Å². The normalized spacial score (nSPS) is 10.7. The summed E-state index contributed by atoms with van der Waals surface area (Å²) in [6.45, 7) is 2.04. The van der Waals surface area contributed by atoms with Gasteiger partial charge in [-0.25, -0.2) is 0 Å². The fourth-order valence-corrected chi connectivity index (χ4v) is 2.66. The largest absolute Gasteiger partial charge is 0.294 e. The van der Waals surface area contributed by atoms with E-state index in [0.717, 1.165) is 22.3 Å². The molecule has 2 rings (SSSR count). The van der Waals surface area contributed by atoms with Crippen LogP contribution in [0, 0.1) is 0 Å². The maximum Gasteiger partial charge on any atom is 0.170 e. The van der Waals surface area contributed by atoms with E-state index in [2.05, 4.69) is 21.0 Å².